The van der Waals surface area contributed by atoms with Crippen LogP contribution in [0.5, 0.6) is 5.75 Å². The third kappa shape index (κ3) is 7.82. The van der Waals surface area contributed by atoms with Crippen molar-refractivity contribution in [2.24, 2.45) is 5.73 Å². The molecule has 0 fully saturated rings. The molecule has 0 bridgehead atoms. The number of nitrogens with one attached hydrogen (secondary N) is 1. The van der Waals surface area contributed by atoms with Crippen molar-refractivity contribution in [1.29, 1.82) is 0 Å². The van der Waals surface area contributed by atoms with Gasteiger partial charge in [0.2, 0.25) is 5.91 Å². The number of methoxy groups -OCH3 is 1. The van der Waals surface area contributed by atoms with Gasteiger partial charge in [-0.05, 0) is 19.1 Å². The van der Waals surface area contributed by atoms with Gasteiger partial charge in [-0.1, -0.05) is 18.2 Å². The van der Waals surface area contributed by atoms with Crippen LogP contribution in [0.2, 0.25) is 0 Å². The van der Waals surface area contributed by atoms with E-state index < -0.39 is 0 Å². The Morgan fingerprint density at radius 1 is 1.38 bits per heavy atom. The van der Waals surface area contributed by atoms with E-state index >= 15 is 0 Å². The standard InChI is InChI=1S/C7H8O.C5H12N2O/c1-8-7-5-3-2-4-6-7;1-2-7-5(8)3-4-6/h2-6H,1H3;2-4,6H2,1H3,(H,7,8). The van der Waals surface area contributed by atoms with Crippen molar-refractivity contribution in [2.45, 2.75) is 13.3 Å². The molecule has 0 saturated carbocycles. The van der Waals surface area contributed by atoms with Crippen molar-refractivity contribution in [3.05, 3.63) is 30.3 Å². The first-order chi connectivity index (χ1) is 7.74. The Balaban J connectivity index is 0.000000281. The first kappa shape index (κ1) is 14.5. The van der Waals surface area contributed by atoms with Crippen LogP contribution in [0.3, 0.4) is 0 Å². The molecule has 3 N–H and O–H groups in total. The highest BCUT2D eigenvalue weighted by molar-refractivity contribution is 5.75. The molecule has 1 amide bonds. The van der Waals surface area contributed by atoms with Gasteiger partial charge in [-0.2, -0.15) is 0 Å². The molecule has 1 aromatic rings. The van der Waals surface area contributed by atoms with E-state index in [-0.39, 0.29) is 5.91 Å². The zero-order valence-electron chi connectivity index (χ0n) is 9.90. The molecule has 4 nitrogen and oxygen atoms in total. The number of ether oxygens (including phenoxy) is 1. The first-order valence-corrected chi connectivity index (χ1v) is 5.30. The summed E-state index contributed by atoms with van der Waals surface area (Å²) in [7, 11) is 1.66. The SMILES string of the molecule is CCNC(=O)CCN.COc1ccccc1. The molecule has 0 atom stereocenters. The van der Waals surface area contributed by atoms with Gasteiger partial charge in [0.1, 0.15) is 5.75 Å². The minimum absolute atomic E-state index is 0.0370. The summed E-state index contributed by atoms with van der Waals surface area (Å²) in [5.41, 5.74) is 5.10. The molecular formula is C12H20N2O2. The number of rotatable bonds is 4. The average Bonchev–Trinajstić information content (AvgIpc) is 2.32. The topological polar surface area (TPSA) is 64.4 Å². The molecule has 90 valence electrons. The van der Waals surface area contributed by atoms with Crippen molar-refractivity contribution in [3.8, 4) is 5.75 Å². The lowest BCUT2D eigenvalue weighted by molar-refractivity contribution is -0.120. The van der Waals surface area contributed by atoms with Gasteiger partial charge >= 0.3 is 0 Å². The summed E-state index contributed by atoms with van der Waals surface area (Å²) in [6.07, 6.45) is 0.438. The van der Waals surface area contributed by atoms with E-state index in [0.29, 0.717) is 19.5 Å². The summed E-state index contributed by atoms with van der Waals surface area (Å²) in [4.78, 5) is 10.5. The number of nitrogens with two attached hydrogens (primary N) is 1. The molecule has 0 radical (unpaired) electrons. The Morgan fingerprint density at radius 3 is 2.38 bits per heavy atom. The van der Waals surface area contributed by atoms with E-state index in [2.05, 4.69) is 5.32 Å². The predicted octanol–water partition coefficient (Wildman–Crippen LogP) is 1.17. The van der Waals surface area contributed by atoms with E-state index in [0.717, 1.165) is 5.75 Å². The van der Waals surface area contributed by atoms with E-state index in [4.69, 9.17) is 10.5 Å². The third-order valence-corrected chi connectivity index (χ3v) is 1.72. The molecule has 4 heteroatoms. The molecule has 0 unspecified atom stereocenters. The highest BCUT2D eigenvalue weighted by Gasteiger charge is 1.92. The molecule has 0 aliphatic heterocycles. The average molecular weight is 224 g/mol. The summed E-state index contributed by atoms with van der Waals surface area (Å²) in [5.74, 6) is 0.947. The van der Waals surface area contributed by atoms with Gasteiger partial charge in [0.25, 0.3) is 0 Å². The molecule has 0 aromatic heterocycles. The fourth-order valence-corrected chi connectivity index (χ4v) is 0.973. The van der Waals surface area contributed by atoms with E-state index in [9.17, 15) is 4.79 Å². The zero-order valence-corrected chi connectivity index (χ0v) is 9.90. The van der Waals surface area contributed by atoms with Crippen LogP contribution in [0, 0.1) is 0 Å². The molecule has 1 rings (SSSR count). The normalized spacial score (nSPS) is 8.69. The Kier molecular flexibility index (Phi) is 9.02. The van der Waals surface area contributed by atoms with E-state index in [1.165, 1.54) is 0 Å². The summed E-state index contributed by atoms with van der Waals surface area (Å²) in [5, 5.41) is 2.63. The Bertz CT molecular complexity index is 268. The molecule has 0 aliphatic carbocycles. The highest BCUT2D eigenvalue weighted by Crippen LogP contribution is 2.05. The summed E-state index contributed by atoms with van der Waals surface area (Å²) in [6.45, 7) is 3.01. The Morgan fingerprint density at radius 2 is 2.00 bits per heavy atom. The lowest BCUT2D eigenvalue weighted by Gasteiger charge is -1.96. The van der Waals surface area contributed by atoms with Crippen molar-refractivity contribution < 1.29 is 9.53 Å². The Hall–Kier alpha value is -1.55. The molecule has 0 aliphatic rings. The van der Waals surface area contributed by atoms with Crippen LogP contribution in [0.4, 0.5) is 0 Å². The maximum atomic E-state index is 10.5. The predicted molar refractivity (Wildman–Crippen MR) is 65.3 cm³/mol. The second-order valence-corrected chi connectivity index (χ2v) is 3.01. The number of carbonyl (C=O) groups is 1. The zero-order chi connectivity index (χ0) is 12.2. The van der Waals surface area contributed by atoms with Crippen LogP contribution in [0.1, 0.15) is 13.3 Å². The first-order valence-electron chi connectivity index (χ1n) is 5.30. The minimum Gasteiger partial charge on any atom is -0.497 e. The van der Waals surface area contributed by atoms with Crippen LogP contribution in [-0.2, 0) is 4.79 Å². The number of amides is 1. The maximum Gasteiger partial charge on any atom is 0.221 e. The van der Waals surface area contributed by atoms with E-state index in [1.54, 1.807) is 7.11 Å². The molecule has 0 spiro atoms. The van der Waals surface area contributed by atoms with Crippen LogP contribution in [0.25, 0.3) is 0 Å². The van der Waals surface area contributed by atoms with Crippen molar-refractivity contribution >= 4 is 5.91 Å². The lowest BCUT2D eigenvalue weighted by atomic mass is 10.3. The summed E-state index contributed by atoms with van der Waals surface area (Å²) in [6, 6.07) is 9.68. The molecule has 16 heavy (non-hydrogen) atoms. The van der Waals surface area contributed by atoms with Gasteiger partial charge in [-0.3, -0.25) is 4.79 Å². The maximum absolute atomic E-state index is 10.5. The highest BCUT2D eigenvalue weighted by atomic mass is 16.5. The monoisotopic (exact) mass is 224 g/mol. The number of carbonyl (C=O) groups excluding carboxylic acids is 1. The minimum atomic E-state index is 0.0370. The second kappa shape index (κ2) is 9.98. The fraction of sp³-hybridized carbons (Fsp3) is 0.417. The fourth-order valence-electron chi connectivity index (χ4n) is 0.973. The van der Waals surface area contributed by atoms with Crippen LogP contribution >= 0.6 is 0 Å². The van der Waals surface area contributed by atoms with Gasteiger partial charge in [-0.25, -0.2) is 0 Å². The van der Waals surface area contributed by atoms with Gasteiger partial charge in [0, 0.05) is 19.5 Å². The van der Waals surface area contributed by atoms with Gasteiger partial charge in [0.05, 0.1) is 7.11 Å². The van der Waals surface area contributed by atoms with Gasteiger partial charge in [0.15, 0.2) is 0 Å². The van der Waals surface area contributed by atoms with Crippen LogP contribution in [0.15, 0.2) is 30.3 Å². The smallest absolute Gasteiger partial charge is 0.221 e. The number of hydrogen-bond acceptors (Lipinski definition) is 3. The molecule has 0 saturated heterocycles. The molecule has 0 heterocycles. The lowest BCUT2D eigenvalue weighted by Crippen LogP contribution is -2.24. The van der Waals surface area contributed by atoms with Crippen LogP contribution in [-0.4, -0.2) is 26.1 Å². The van der Waals surface area contributed by atoms with Crippen molar-refractivity contribution in [2.75, 3.05) is 20.2 Å². The van der Waals surface area contributed by atoms with Gasteiger partial charge in [-0.15, -0.1) is 0 Å². The largest absolute Gasteiger partial charge is 0.497 e. The molecule has 1 aromatic carbocycles. The third-order valence-electron chi connectivity index (χ3n) is 1.72. The number of para-hydroxylation sites is 1. The second-order valence-electron chi connectivity index (χ2n) is 3.01. The number of hydrogen-bond donors (Lipinski definition) is 2. The number of benzene rings is 1. The Labute approximate surface area is 96.8 Å². The van der Waals surface area contributed by atoms with Crippen LogP contribution < -0.4 is 15.8 Å². The van der Waals surface area contributed by atoms with Crippen molar-refractivity contribution in [1.82, 2.24) is 5.32 Å². The molecular weight excluding hydrogens is 204 g/mol. The van der Waals surface area contributed by atoms with Gasteiger partial charge < -0.3 is 15.8 Å². The summed E-state index contributed by atoms with van der Waals surface area (Å²) >= 11 is 0. The van der Waals surface area contributed by atoms with Crippen molar-refractivity contribution in [3.63, 3.8) is 0 Å². The quantitative estimate of drug-likeness (QED) is 0.806. The summed E-state index contributed by atoms with van der Waals surface area (Å²) < 4.78 is 4.91. The van der Waals surface area contributed by atoms with E-state index in [1.807, 2.05) is 37.3 Å².